The fourth-order valence-corrected chi connectivity index (χ4v) is 3.84. The zero-order chi connectivity index (χ0) is 22.4. The average molecular weight is 460 g/mol. The maximum absolute atomic E-state index is 12.7. The zero-order valence-corrected chi connectivity index (χ0v) is 18.6. The molecule has 1 aromatic heterocycles. The van der Waals surface area contributed by atoms with Crippen LogP contribution in [0.1, 0.15) is 40.5 Å². The number of hydrogen-bond acceptors (Lipinski definition) is 3. The number of pyridine rings is 1. The Morgan fingerprint density at radius 1 is 1.00 bits per heavy atom. The van der Waals surface area contributed by atoms with Gasteiger partial charge in [-0.25, -0.2) is 4.79 Å². The second-order valence-corrected chi connectivity index (χ2v) is 8.00. The highest BCUT2D eigenvalue weighted by molar-refractivity contribution is 6.34. The summed E-state index contributed by atoms with van der Waals surface area (Å²) >= 11 is 12.5. The molecule has 3 rings (SSSR count). The zero-order valence-electron chi connectivity index (χ0n) is 17.1. The van der Waals surface area contributed by atoms with Crippen LogP contribution >= 0.6 is 23.2 Å². The van der Waals surface area contributed by atoms with Gasteiger partial charge in [-0.2, -0.15) is 0 Å². The minimum absolute atomic E-state index is 0.0416. The lowest BCUT2D eigenvalue weighted by Gasteiger charge is -2.16. The predicted molar refractivity (Wildman–Crippen MR) is 123 cm³/mol. The summed E-state index contributed by atoms with van der Waals surface area (Å²) < 4.78 is 7.46. The van der Waals surface area contributed by atoms with Crippen molar-refractivity contribution in [2.45, 2.75) is 39.3 Å². The normalized spacial score (nSPS) is 10.8. The van der Waals surface area contributed by atoms with E-state index in [1.54, 1.807) is 24.3 Å². The van der Waals surface area contributed by atoms with Gasteiger partial charge in [0.15, 0.2) is 0 Å². The monoisotopic (exact) mass is 459 g/mol. The number of nitrogens with zero attached hydrogens (tertiary/aromatic N) is 1. The number of aryl methyl sites for hydroxylation is 2. The molecule has 0 bridgehead atoms. The third-order valence-corrected chi connectivity index (χ3v) is 5.54. The van der Waals surface area contributed by atoms with Gasteiger partial charge >= 0.3 is 5.97 Å². The van der Waals surface area contributed by atoms with E-state index in [1.165, 1.54) is 16.2 Å². The molecule has 3 aromatic rings. The van der Waals surface area contributed by atoms with Crippen molar-refractivity contribution in [3.63, 3.8) is 0 Å². The molecule has 2 aromatic carbocycles. The fraction of sp³-hybridized carbons (Fsp3) is 0.250. The minimum Gasteiger partial charge on any atom is -0.487 e. The number of rotatable bonds is 9. The molecule has 0 aliphatic rings. The highest BCUT2D eigenvalue weighted by Crippen LogP contribution is 2.22. The molecular formula is C24H23Cl2NO4. The highest BCUT2D eigenvalue weighted by atomic mass is 35.5. The van der Waals surface area contributed by atoms with Gasteiger partial charge in [0.05, 0.1) is 16.3 Å². The molecule has 0 aliphatic heterocycles. The van der Waals surface area contributed by atoms with E-state index in [4.69, 9.17) is 33.0 Å². The molecule has 0 saturated heterocycles. The topological polar surface area (TPSA) is 68.5 Å². The molecule has 1 heterocycles. The first-order valence-corrected chi connectivity index (χ1v) is 10.8. The summed E-state index contributed by atoms with van der Waals surface area (Å²) in [6.07, 6.45) is 2.51. The molecule has 5 nitrogen and oxygen atoms in total. The second-order valence-electron chi connectivity index (χ2n) is 7.18. The third-order valence-electron chi connectivity index (χ3n) is 4.94. The number of ether oxygens (including phenoxy) is 1. The first kappa shape index (κ1) is 22.9. The van der Waals surface area contributed by atoms with Crippen LogP contribution in [0.2, 0.25) is 10.0 Å². The lowest BCUT2D eigenvalue weighted by molar-refractivity contribution is 0.0697. The molecule has 31 heavy (non-hydrogen) atoms. The lowest BCUT2D eigenvalue weighted by Crippen LogP contribution is -2.26. The van der Waals surface area contributed by atoms with Crippen molar-refractivity contribution in [1.82, 2.24) is 4.57 Å². The van der Waals surface area contributed by atoms with E-state index >= 15 is 0 Å². The maximum atomic E-state index is 12.7. The smallest absolute Gasteiger partial charge is 0.335 e. The van der Waals surface area contributed by atoms with Crippen LogP contribution in [0.5, 0.6) is 5.75 Å². The van der Waals surface area contributed by atoms with Gasteiger partial charge in [0, 0.05) is 6.54 Å². The van der Waals surface area contributed by atoms with Crippen molar-refractivity contribution in [1.29, 1.82) is 0 Å². The van der Waals surface area contributed by atoms with Crippen molar-refractivity contribution < 1.29 is 14.6 Å². The number of carbonyl (C=O) groups is 1. The minimum atomic E-state index is -0.980. The Labute approximate surface area is 190 Å². The number of halogens is 2. The first-order valence-electron chi connectivity index (χ1n) is 10.0. The fourth-order valence-electron chi connectivity index (χ4n) is 3.31. The van der Waals surface area contributed by atoms with Crippen LogP contribution in [0.3, 0.4) is 0 Å². The number of carboxylic acids is 1. The Kier molecular flexibility index (Phi) is 7.77. The highest BCUT2D eigenvalue weighted by Gasteiger charge is 2.14. The van der Waals surface area contributed by atoms with Gasteiger partial charge in [-0.1, -0.05) is 60.8 Å². The molecule has 0 fully saturated rings. The summed E-state index contributed by atoms with van der Waals surface area (Å²) in [5.74, 6) is -0.271. The quantitative estimate of drug-likeness (QED) is 0.450. The Morgan fingerprint density at radius 2 is 1.74 bits per heavy atom. The molecule has 0 atom stereocenters. The van der Waals surface area contributed by atoms with Crippen molar-refractivity contribution in [2.75, 3.05) is 0 Å². The molecule has 0 amide bonds. The van der Waals surface area contributed by atoms with Crippen molar-refractivity contribution >= 4 is 29.2 Å². The number of aromatic nitrogens is 1. The van der Waals surface area contributed by atoms with E-state index in [2.05, 4.69) is 13.0 Å². The summed E-state index contributed by atoms with van der Waals surface area (Å²) in [4.78, 5) is 23.7. The van der Waals surface area contributed by atoms with Crippen LogP contribution in [0.15, 0.2) is 59.4 Å². The molecule has 162 valence electrons. The Balaban J connectivity index is 1.80. The molecule has 0 saturated carbocycles. The molecule has 0 radical (unpaired) electrons. The maximum Gasteiger partial charge on any atom is 0.335 e. The second kappa shape index (κ2) is 10.5. The van der Waals surface area contributed by atoms with Crippen LogP contribution < -0.4 is 10.3 Å². The van der Waals surface area contributed by atoms with E-state index < -0.39 is 5.97 Å². The average Bonchev–Trinajstić information content (AvgIpc) is 2.75. The summed E-state index contributed by atoms with van der Waals surface area (Å²) in [7, 11) is 0. The van der Waals surface area contributed by atoms with Gasteiger partial charge in [0.25, 0.3) is 5.56 Å². The summed E-state index contributed by atoms with van der Waals surface area (Å²) in [6, 6.07) is 15.8. The Bertz CT molecular complexity index is 1120. The molecule has 0 unspecified atom stereocenters. The van der Waals surface area contributed by atoms with E-state index in [0.29, 0.717) is 29.4 Å². The summed E-state index contributed by atoms with van der Waals surface area (Å²) in [5, 5.41) is 9.43. The van der Waals surface area contributed by atoms with Gasteiger partial charge in [-0.15, -0.1) is 0 Å². The van der Waals surface area contributed by atoms with Gasteiger partial charge < -0.3 is 14.4 Å². The molecule has 0 aliphatic carbocycles. The van der Waals surface area contributed by atoms with Crippen LogP contribution in [0, 0.1) is 0 Å². The van der Waals surface area contributed by atoms with Crippen LogP contribution in [0.25, 0.3) is 0 Å². The van der Waals surface area contributed by atoms with E-state index in [-0.39, 0.29) is 22.8 Å². The van der Waals surface area contributed by atoms with Crippen molar-refractivity contribution in [3.05, 3.63) is 97.4 Å². The van der Waals surface area contributed by atoms with Crippen LogP contribution in [0.4, 0.5) is 0 Å². The van der Waals surface area contributed by atoms with Gasteiger partial charge in [-0.3, -0.25) is 4.79 Å². The van der Waals surface area contributed by atoms with Gasteiger partial charge in [0.1, 0.15) is 17.4 Å². The number of carboxylic acid groups (broad SMARTS) is 1. The largest absolute Gasteiger partial charge is 0.487 e. The van der Waals surface area contributed by atoms with E-state index in [0.717, 1.165) is 18.4 Å². The summed E-state index contributed by atoms with van der Waals surface area (Å²) in [6.45, 7) is 2.58. The summed E-state index contributed by atoms with van der Waals surface area (Å²) in [5.41, 5.74) is 2.49. The Morgan fingerprint density at radius 3 is 2.42 bits per heavy atom. The number of hydrogen-bond donors (Lipinski definition) is 1. The van der Waals surface area contributed by atoms with Crippen molar-refractivity contribution in [2.24, 2.45) is 0 Å². The lowest BCUT2D eigenvalue weighted by atomic mass is 10.1. The molecular weight excluding hydrogens is 437 g/mol. The van der Waals surface area contributed by atoms with Gasteiger partial charge in [-0.05, 0) is 54.3 Å². The van der Waals surface area contributed by atoms with Gasteiger partial charge in [0.2, 0.25) is 0 Å². The Hall–Kier alpha value is -2.76. The SMILES string of the molecule is CCCc1cccc(OCc2c(Cl)cc(Cl)c(=O)n2CCc2ccc(C(=O)O)cc2)c1. The predicted octanol–water partition coefficient (Wildman–Crippen LogP) is 5.63. The molecule has 1 N–H and O–H groups in total. The van der Waals surface area contributed by atoms with Crippen LogP contribution in [-0.2, 0) is 26.0 Å². The van der Waals surface area contributed by atoms with E-state index in [9.17, 15) is 9.59 Å². The molecule has 0 spiro atoms. The number of benzene rings is 2. The third kappa shape index (κ3) is 5.90. The number of aromatic carboxylic acids is 1. The standard InChI is InChI=1S/C24H23Cl2NO4/c1-2-4-17-5-3-6-19(13-17)31-15-22-20(25)14-21(26)23(28)27(22)12-11-16-7-9-18(10-8-16)24(29)30/h3,5-10,13-14H,2,4,11-12,15H2,1H3,(H,29,30). The van der Waals surface area contributed by atoms with Crippen molar-refractivity contribution in [3.8, 4) is 5.75 Å². The first-order chi connectivity index (χ1) is 14.9. The molecule has 7 heteroatoms. The van der Waals surface area contributed by atoms with E-state index in [1.807, 2.05) is 18.2 Å². The van der Waals surface area contributed by atoms with Crippen LogP contribution in [-0.4, -0.2) is 15.6 Å².